The fourth-order valence-electron chi connectivity index (χ4n) is 2.69. The van der Waals surface area contributed by atoms with Crippen LogP contribution in [0.1, 0.15) is 26.7 Å². The summed E-state index contributed by atoms with van der Waals surface area (Å²) in [5.74, 6) is 0.722. The highest BCUT2D eigenvalue weighted by Crippen LogP contribution is 2.18. The molecule has 20 heavy (non-hydrogen) atoms. The van der Waals surface area contributed by atoms with E-state index in [9.17, 15) is 9.59 Å². The van der Waals surface area contributed by atoms with Gasteiger partial charge in [0.1, 0.15) is 0 Å². The Balaban J connectivity index is 1.78. The van der Waals surface area contributed by atoms with E-state index < -0.39 is 0 Å². The van der Waals surface area contributed by atoms with Gasteiger partial charge in [0, 0.05) is 39.3 Å². The van der Waals surface area contributed by atoms with E-state index in [1.54, 1.807) is 11.8 Å². The monoisotopic (exact) mass is 283 g/mol. The molecule has 2 fully saturated rings. The van der Waals surface area contributed by atoms with E-state index in [-0.39, 0.29) is 12.1 Å². The average Bonchev–Trinajstić information content (AvgIpc) is 2.48. The zero-order valence-corrected chi connectivity index (χ0v) is 12.5. The molecule has 6 heteroatoms. The number of hydrogen-bond acceptors (Lipinski definition) is 3. The first-order valence-electron chi connectivity index (χ1n) is 7.57. The van der Waals surface area contributed by atoms with E-state index in [1.807, 2.05) is 9.80 Å². The summed E-state index contributed by atoms with van der Waals surface area (Å²) in [4.78, 5) is 29.5. The maximum atomic E-state index is 12.4. The van der Waals surface area contributed by atoms with Crippen LogP contribution in [0.25, 0.3) is 0 Å². The molecule has 0 N–H and O–H groups in total. The van der Waals surface area contributed by atoms with Gasteiger partial charge in [-0.1, -0.05) is 6.92 Å². The number of piperidine rings is 1. The van der Waals surface area contributed by atoms with E-state index in [2.05, 4.69) is 6.92 Å². The van der Waals surface area contributed by atoms with Gasteiger partial charge in [-0.3, -0.25) is 0 Å². The minimum absolute atomic E-state index is 0.125. The summed E-state index contributed by atoms with van der Waals surface area (Å²) >= 11 is 0. The van der Waals surface area contributed by atoms with Crippen molar-refractivity contribution in [3.05, 3.63) is 0 Å². The lowest BCUT2D eigenvalue weighted by atomic mass is 9.99. The highest BCUT2D eigenvalue weighted by Gasteiger charge is 2.29. The number of carbonyl (C=O) groups excluding carboxylic acids is 2. The van der Waals surface area contributed by atoms with Gasteiger partial charge in [-0.05, 0) is 25.7 Å². The topological polar surface area (TPSA) is 53.1 Å². The molecule has 3 amide bonds. The molecule has 0 unspecified atom stereocenters. The summed E-state index contributed by atoms with van der Waals surface area (Å²) in [5, 5.41) is 0. The SMILES string of the molecule is CCOC(=O)N1CCN(C(=O)N2CCC(C)CC2)CC1. The molecule has 0 aromatic rings. The van der Waals surface area contributed by atoms with Crippen molar-refractivity contribution in [3.8, 4) is 0 Å². The second kappa shape index (κ2) is 6.81. The molecule has 2 aliphatic heterocycles. The van der Waals surface area contributed by atoms with Gasteiger partial charge < -0.3 is 19.4 Å². The van der Waals surface area contributed by atoms with Crippen molar-refractivity contribution in [1.82, 2.24) is 14.7 Å². The van der Waals surface area contributed by atoms with Crippen LogP contribution in [0.5, 0.6) is 0 Å². The fourth-order valence-corrected chi connectivity index (χ4v) is 2.69. The lowest BCUT2D eigenvalue weighted by Crippen LogP contribution is -2.55. The molecule has 0 aliphatic carbocycles. The number of amides is 3. The molecule has 0 aromatic carbocycles. The number of ether oxygens (including phenoxy) is 1. The first-order chi connectivity index (χ1) is 9.61. The first-order valence-corrected chi connectivity index (χ1v) is 7.57. The maximum Gasteiger partial charge on any atom is 0.409 e. The van der Waals surface area contributed by atoms with Gasteiger partial charge in [-0.25, -0.2) is 9.59 Å². The van der Waals surface area contributed by atoms with Gasteiger partial charge >= 0.3 is 12.1 Å². The van der Waals surface area contributed by atoms with Crippen molar-refractivity contribution >= 4 is 12.1 Å². The number of piperazine rings is 1. The lowest BCUT2D eigenvalue weighted by Gasteiger charge is -2.39. The fraction of sp³-hybridized carbons (Fsp3) is 0.857. The Bertz CT molecular complexity index is 346. The molecule has 2 saturated heterocycles. The molecule has 0 spiro atoms. The Hall–Kier alpha value is -1.46. The Kier molecular flexibility index (Phi) is 5.09. The zero-order chi connectivity index (χ0) is 14.5. The maximum absolute atomic E-state index is 12.4. The van der Waals surface area contributed by atoms with Crippen LogP contribution in [0.4, 0.5) is 9.59 Å². The highest BCUT2D eigenvalue weighted by molar-refractivity contribution is 5.75. The summed E-state index contributed by atoms with van der Waals surface area (Å²) in [7, 11) is 0. The number of hydrogen-bond donors (Lipinski definition) is 0. The van der Waals surface area contributed by atoms with Crippen molar-refractivity contribution in [2.75, 3.05) is 45.9 Å². The summed E-state index contributed by atoms with van der Waals surface area (Å²) in [6.45, 7) is 8.48. The van der Waals surface area contributed by atoms with Crippen LogP contribution in [0.3, 0.4) is 0 Å². The standard InChI is InChI=1S/C14H25N3O3/c1-3-20-14(19)17-10-8-16(9-11-17)13(18)15-6-4-12(2)5-7-15/h12H,3-11H2,1-2H3. The second-order valence-corrected chi connectivity index (χ2v) is 5.63. The number of urea groups is 1. The number of likely N-dealkylation sites (tertiary alicyclic amines) is 1. The molecule has 0 atom stereocenters. The normalized spacial score (nSPS) is 21.0. The van der Waals surface area contributed by atoms with Crippen molar-refractivity contribution in [1.29, 1.82) is 0 Å². The number of nitrogens with zero attached hydrogens (tertiary/aromatic N) is 3. The van der Waals surface area contributed by atoms with Crippen LogP contribution in [-0.2, 0) is 4.74 Å². The predicted molar refractivity (Wildman–Crippen MR) is 75.5 cm³/mol. The summed E-state index contributed by atoms with van der Waals surface area (Å²) in [6, 6.07) is 0.125. The molecule has 2 aliphatic rings. The van der Waals surface area contributed by atoms with E-state index >= 15 is 0 Å². The molecular weight excluding hydrogens is 258 g/mol. The zero-order valence-electron chi connectivity index (χ0n) is 12.5. The molecule has 0 aromatic heterocycles. The third-order valence-corrected chi connectivity index (χ3v) is 4.13. The predicted octanol–water partition coefficient (Wildman–Crippen LogP) is 1.61. The van der Waals surface area contributed by atoms with Crippen LogP contribution >= 0.6 is 0 Å². The molecule has 0 saturated carbocycles. The van der Waals surface area contributed by atoms with Crippen molar-refractivity contribution in [3.63, 3.8) is 0 Å². The van der Waals surface area contributed by atoms with E-state index in [1.165, 1.54) is 0 Å². The van der Waals surface area contributed by atoms with Gasteiger partial charge in [0.15, 0.2) is 0 Å². The third kappa shape index (κ3) is 3.55. The lowest BCUT2D eigenvalue weighted by molar-refractivity contribution is 0.0756. The quantitative estimate of drug-likeness (QED) is 0.734. The minimum Gasteiger partial charge on any atom is -0.450 e. The highest BCUT2D eigenvalue weighted by atomic mass is 16.6. The second-order valence-electron chi connectivity index (χ2n) is 5.63. The van der Waals surface area contributed by atoms with Crippen LogP contribution in [0.15, 0.2) is 0 Å². The van der Waals surface area contributed by atoms with Gasteiger partial charge in [-0.15, -0.1) is 0 Å². The van der Waals surface area contributed by atoms with Crippen molar-refractivity contribution < 1.29 is 14.3 Å². The van der Waals surface area contributed by atoms with E-state index in [0.29, 0.717) is 32.8 Å². The Labute approximate surface area is 120 Å². The Morgan fingerprint density at radius 2 is 1.45 bits per heavy atom. The molecule has 0 bridgehead atoms. The first kappa shape index (κ1) is 14.9. The van der Waals surface area contributed by atoms with Gasteiger partial charge in [0.25, 0.3) is 0 Å². The average molecular weight is 283 g/mol. The Morgan fingerprint density at radius 1 is 0.950 bits per heavy atom. The molecule has 2 heterocycles. The van der Waals surface area contributed by atoms with Gasteiger partial charge in [0.05, 0.1) is 6.61 Å². The van der Waals surface area contributed by atoms with Crippen LogP contribution in [0.2, 0.25) is 0 Å². The van der Waals surface area contributed by atoms with Gasteiger partial charge in [0.2, 0.25) is 0 Å². The van der Waals surface area contributed by atoms with Crippen LogP contribution < -0.4 is 0 Å². The number of rotatable bonds is 1. The summed E-state index contributed by atoms with van der Waals surface area (Å²) in [6.07, 6.45) is 1.91. The van der Waals surface area contributed by atoms with E-state index in [4.69, 9.17) is 4.74 Å². The third-order valence-electron chi connectivity index (χ3n) is 4.13. The summed E-state index contributed by atoms with van der Waals surface area (Å²) in [5.41, 5.74) is 0. The minimum atomic E-state index is -0.272. The van der Waals surface area contributed by atoms with Crippen LogP contribution in [-0.4, -0.2) is 72.7 Å². The van der Waals surface area contributed by atoms with Crippen molar-refractivity contribution in [2.24, 2.45) is 5.92 Å². The summed E-state index contributed by atoms with van der Waals surface area (Å²) < 4.78 is 4.98. The molecule has 2 rings (SSSR count). The van der Waals surface area contributed by atoms with Gasteiger partial charge in [-0.2, -0.15) is 0 Å². The van der Waals surface area contributed by atoms with Crippen LogP contribution in [0, 0.1) is 5.92 Å². The van der Waals surface area contributed by atoms with Crippen molar-refractivity contribution in [2.45, 2.75) is 26.7 Å². The molecule has 0 radical (unpaired) electrons. The molecule has 114 valence electrons. The molecule has 6 nitrogen and oxygen atoms in total. The Morgan fingerprint density at radius 3 is 2.00 bits per heavy atom. The number of carbonyl (C=O) groups is 2. The molecular formula is C14H25N3O3. The van der Waals surface area contributed by atoms with E-state index in [0.717, 1.165) is 31.8 Å². The largest absolute Gasteiger partial charge is 0.450 e. The smallest absolute Gasteiger partial charge is 0.409 e.